The Kier molecular flexibility index (Phi) is 5.43. The highest BCUT2D eigenvalue weighted by molar-refractivity contribution is 5.96. The van der Waals surface area contributed by atoms with Gasteiger partial charge in [0.25, 0.3) is 5.91 Å². The molecule has 2 aromatic rings. The van der Waals surface area contributed by atoms with Crippen molar-refractivity contribution in [2.45, 2.75) is 32.7 Å². The largest absolute Gasteiger partial charge is 0.486 e. The van der Waals surface area contributed by atoms with E-state index in [4.69, 9.17) is 9.47 Å². The van der Waals surface area contributed by atoms with Gasteiger partial charge in [-0.3, -0.25) is 9.59 Å². The highest BCUT2D eigenvalue weighted by Gasteiger charge is 2.31. The lowest BCUT2D eigenvalue weighted by molar-refractivity contribution is -0.131. The third kappa shape index (κ3) is 4.21. The number of aryl methyl sites for hydroxylation is 2. The molecule has 1 atom stereocenters. The Balaban J connectivity index is 1.42. The number of carbonyl (C=O) groups excluding carboxylic acids is 2. The molecule has 0 saturated carbocycles. The molecule has 2 aliphatic rings. The molecular weight excluding hydrogens is 368 g/mol. The molecule has 0 bridgehead atoms. The number of ether oxygens (including phenoxy) is 2. The maximum atomic E-state index is 12.8. The third-order valence-electron chi connectivity index (χ3n) is 5.41. The molecule has 0 aromatic heterocycles. The number of hydrogen-bond donors (Lipinski definition) is 1. The zero-order valence-electron chi connectivity index (χ0n) is 16.9. The van der Waals surface area contributed by atoms with Gasteiger partial charge in [-0.2, -0.15) is 0 Å². The molecule has 6 heteroatoms. The van der Waals surface area contributed by atoms with E-state index in [1.165, 1.54) is 0 Å². The Morgan fingerprint density at radius 2 is 1.76 bits per heavy atom. The van der Waals surface area contributed by atoms with Gasteiger partial charge in [-0.15, -0.1) is 0 Å². The molecule has 1 N–H and O–H groups in total. The van der Waals surface area contributed by atoms with Gasteiger partial charge in [0.1, 0.15) is 13.2 Å². The lowest BCUT2D eigenvalue weighted by atomic mass is 10.0. The van der Waals surface area contributed by atoms with Crippen LogP contribution in [0, 0.1) is 13.8 Å². The van der Waals surface area contributed by atoms with Gasteiger partial charge in [-0.05, 0) is 56.5 Å². The van der Waals surface area contributed by atoms with E-state index in [-0.39, 0.29) is 24.4 Å². The standard InChI is InChI=1S/C23H26N2O4/c1-15-10-16(2)12-18(11-15)23(27)24-14-22(26)25-7-3-4-19(25)17-5-6-20-21(13-17)29-9-8-28-20/h5-6,10-13,19H,3-4,7-9,14H2,1-2H3,(H,24,27). The van der Waals surface area contributed by atoms with Gasteiger partial charge in [0.2, 0.25) is 5.91 Å². The summed E-state index contributed by atoms with van der Waals surface area (Å²) < 4.78 is 11.3. The molecule has 0 spiro atoms. The van der Waals surface area contributed by atoms with Crippen LogP contribution in [0.25, 0.3) is 0 Å². The van der Waals surface area contributed by atoms with E-state index < -0.39 is 0 Å². The normalized spacial score (nSPS) is 17.9. The highest BCUT2D eigenvalue weighted by Crippen LogP contribution is 2.38. The molecule has 1 unspecified atom stereocenters. The van der Waals surface area contributed by atoms with E-state index >= 15 is 0 Å². The van der Waals surface area contributed by atoms with Gasteiger partial charge < -0.3 is 19.7 Å². The number of likely N-dealkylation sites (tertiary alicyclic amines) is 1. The van der Waals surface area contributed by atoms with Gasteiger partial charge in [0.15, 0.2) is 11.5 Å². The molecule has 152 valence electrons. The number of amides is 2. The second-order valence-corrected chi connectivity index (χ2v) is 7.71. The summed E-state index contributed by atoms with van der Waals surface area (Å²) in [6.07, 6.45) is 1.84. The highest BCUT2D eigenvalue weighted by atomic mass is 16.6. The molecule has 2 aromatic carbocycles. The second-order valence-electron chi connectivity index (χ2n) is 7.71. The van der Waals surface area contributed by atoms with Gasteiger partial charge in [0.05, 0.1) is 12.6 Å². The number of nitrogens with zero attached hydrogens (tertiary/aromatic N) is 1. The molecule has 6 nitrogen and oxygen atoms in total. The minimum atomic E-state index is -0.222. The van der Waals surface area contributed by atoms with Gasteiger partial charge in [0, 0.05) is 12.1 Å². The number of fused-ring (bicyclic) bond motifs is 1. The summed E-state index contributed by atoms with van der Waals surface area (Å²) in [5.74, 6) is 1.19. The summed E-state index contributed by atoms with van der Waals surface area (Å²) in [6, 6.07) is 11.6. The summed E-state index contributed by atoms with van der Waals surface area (Å²) in [5, 5.41) is 2.78. The lowest BCUT2D eigenvalue weighted by Crippen LogP contribution is -2.39. The van der Waals surface area contributed by atoms with Crippen LogP contribution in [0.2, 0.25) is 0 Å². The first kappa shape index (κ1) is 19.3. The first-order valence-electron chi connectivity index (χ1n) is 10.1. The van der Waals surface area contributed by atoms with E-state index in [0.717, 1.165) is 41.0 Å². The Hall–Kier alpha value is -3.02. The van der Waals surface area contributed by atoms with Crippen molar-refractivity contribution in [1.82, 2.24) is 10.2 Å². The number of nitrogens with one attached hydrogen (secondary N) is 1. The van der Waals surface area contributed by atoms with E-state index in [0.29, 0.717) is 25.3 Å². The monoisotopic (exact) mass is 394 g/mol. The zero-order valence-corrected chi connectivity index (χ0v) is 16.9. The molecule has 2 amide bonds. The molecule has 4 rings (SSSR count). The van der Waals surface area contributed by atoms with Crippen LogP contribution in [-0.2, 0) is 4.79 Å². The minimum absolute atomic E-state index is 0.00329. The average molecular weight is 394 g/mol. The van der Waals surface area contributed by atoms with E-state index in [9.17, 15) is 9.59 Å². The fourth-order valence-corrected chi connectivity index (χ4v) is 4.14. The SMILES string of the molecule is Cc1cc(C)cc(C(=O)NCC(=O)N2CCCC2c2ccc3c(c2)OCCO3)c1. The van der Waals surface area contributed by atoms with Crippen LogP contribution in [-0.4, -0.2) is 43.0 Å². The van der Waals surface area contributed by atoms with Crippen molar-refractivity contribution >= 4 is 11.8 Å². The van der Waals surface area contributed by atoms with Crippen molar-refractivity contribution in [2.75, 3.05) is 26.3 Å². The van der Waals surface area contributed by atoms with Crippen LogP contribution < -0.4 is 14.8 Å². The van der Waals surface area contributed by atoms with Gasteiger partial charge in [-0.25, -0.2) is 0 Å². The van der Waals surface area contributed by atoms with Crippen LogP contribution in [0.4, 0.5) is 0 Å². The van der Waals surface area contributed by atoms with Crippen molar-refractivity contribution in [2.24, 2.45) is 0 Å². The van der Waals surface area contributed by atoms with Crippen LogP contribution >= 0.6 is 0 Å². The molecule has 1 saturated heterocycles. The Bertz CT molecular complexity index is 920. The molecule has 29 heavy (non-hydrogen) atoms. The van der Waals surface area contributed by atoms with Crippen molar-refractivity contribution in [3.8, 4) is 11.5 Å². The summed E-state index contributed by atoms with van der Waals surface area (Å²) in [5.41, 5.74) is 3.68. The minimum Gasteiger partial charge on any atom is -0.486 e. The average Bonchev–Trinajstić information content (AvgIpc) is 3.20. The fraction of sp³-hybridized carbons (Fsp3) is 0.391. The number of rotatable bonds is 4. The number of carbonyl (C=O) groups is 2. The molecule has 0 radical (unpaired) electrons. The fourth-order valence-electron chi connectivity index (χ4n) is 4.14. The maximum Gasteiger partial charge on any atom is 0.251 e. The van der Waals surface area contributed by atoms with E-state index in [1.54, 1.807) is 0 Å². The van der Waals surface area contributed by atoms with E-state index in [1.807, 2.05) is 55.1 Å². The van der Waals surface area contributed by atoms with Gasteiger partial charge in [-0.1, -0.05) is 23.3 Å². The van der Waals surface area contributed by atoms with Crippen molar-refractivity contribution in [3.05, 3.63) is 58.7 Å². The third-order valence-corrected chi connectivity index (χ3v) is 5.41. The summed E-state index contributed by atoms with van der Waals surface area (Å²) in [7, 11) is 0. The molecule has 0 aliphatic carbocycles. The van der Waals surface area contributed by atoms with Crippen LogP contribution in [0.15, 0.2) is 36.4 Å². The summed E-state index contributed by atoms with van der Waals surface area (Å²) >= 11 is 0. The number of hydrogen-bond acceptors (Lipinski definition) is 4. The topological polar surface area (TPSA) is 67.9 Å². The Morgan fingerprint density at radius 3 is 2.52 bits per heavy atom. The van der Waals surface area contributed by atoms with Gasteiger partial charge >= 0.3 is 0 Å². The number of benzene rings is 2. The quantitative estimate of drug-likeness (QED) is 0.865. The predicted octanol–water partition coefficient (Wildman–Crippen LogP) is 3.17. The summed E-state index contributed by atoms with van der Waals surface area (Å²) in [6.45, 7) is 5.69. The van der Waals surface area contributed by atoms with Crippen molar-refractivity contribution in [1.29, 1.82) is 0 Å². The Morgan fingerprint density at radius 1 is 1.03 bits per heavy atom. The van der Waals surface area contributed by atoms with Crippen molar-refractivity contribution in [3.63, 3.8) is 0 Å². The first-order chi connectivity index (χ1) is 14.0. The maximum absolute atomic E-state index is 12.8. The molecular formula is C23H26N2O4. The zero-order chi connectivity index (χ0) is 20.4. The smallest absolute Gasteiger partial charge is 0.251 e. The summed E-state index contributed by atoms with van der Waals surface area (Å²) in [4.78, 5) is 27.2. The predicted molar refractivity (Wildman–Crippen MR) is 109 cm³/mol. The van der Waals surface area contributed by atoms with Crippen molar-refractivity contribution < 1.29 is 19.1 Å². The van der Waals surface area contributed by atoms with Crippen LogP contribution in [0.1, 0.15) is 45.9 Å². The Labute approximate surface area is 170 Å². The molecule has 2 aliphatic heterocycles. The lowest BCUT2D eigenvalue weighted by Gasteiger charge is -2.27. The van der Waals surface area contributed by atoms with Crippen LogP contribution in [0.3, 0.4) is 0 Å². The van der Waals surface area contributed by atoms with E-state index in [2.05, 4.69) is 5.32 Å². The molecule has 1 fully saturated rings. The first-order valence-corrected chi connectivity index (χ1v) is 10.1. The molecule has 2 heterocycles. The van der Waals surface area contributed by atoms with Crippen LogP contribution in [0.5, 0.6) is 11.5 Å². The second kappa shape index (κ2) is 8.15.